The SMILES string of the molecule is COCCN(C)C(=O)c1csc(NC(=O)c2cc(F)cc(F)c2)n1. The second-order valence-corrected chi connectivity index (χ2v) is 5.73. The lowest BCUT2D eigenvalue weighted by Crippen LogP contribution is -2.30. The number of carbonyl (C=O) groups excluding carboxylic acids is 2. The number of rotatable bonds is 6. The number of ether oxygens (including phenoxy) is 1. The summed E-state index contributed by atoms with van der Waals surface area (Å²) in [6.07, 6.45) is 0. The monoisotopic (exact) mass is 355 g/mol. The van der Waals surface area contributed by atoms with Crippen LogP contribution in [0.15, 0.2) is 23.6 Å². The summed E-state index contributed by atoms with van der Waals surface area (Å²) in [5.74, 6) is -2.74. The normalized spacial score (nSPS) is 10.5. The van der Waals surface area contributed by atoms with Crippen LogP contribution in [0.3, 0.4) is 0 Å². The topological polar surface area (TPSA) is 71.5 Å². The van der Waals surface area contributed by atoms with Gasteiger partial charge in [-0.25, -0.2) is 13.8 Å². The number of likely N-dealkylation sites (N-methyl/N-ethyl adjacent to an activating group) is 1. The molecule has 1 heterocycles. The Hall–Kier alpha value is -2.39. The lowest BCUT2D eigenvalue weighted by atomic mass is 10.2. The van der Waals surface area contributed by atoms with Gasteiger partial charge in [-0.2, -0.15) is 0 Å². The number of aromatic nitrogens is 1. The number of amides is 2. The minimum absolute atomic E-state index is 0.160. The first-order valence-corrected chi connectivity index (χ1v) is 7.76. The maximum absolute atomic E-state index is 13.1. The number of anilines is 1. The highest BCUT2D eigenvalue weighted by molar-refractivity contribution is 7.14. The minimum Gasteiger partial charge on any atom is -0.383 e. The highest BCUT2D eigenvalue weighted by Gasteiger charge is 2.17. The second kappa shape index (κ2) is 7.93. The fourth-order valence-corrected chi connectivity index (χ4v) is 2.49. The van der Waals surface area contributed by atoms with Crippen molar-refractivity contribution >= 4 is 28.3 Å². The van der Waals surface area contributed by atoms with Gasteiger partial charge in [0.05, 0.1) is 6.61 Å². The number of carbonyl (C=O) groups is 2. The van der Waals surface area contributed by atoms with E-state index in [1.165, 1.54) is 17.4 Å². The average molecular weight is 355 g/mol. The summed E-state index contributed by atoms with van der Waals surface area (Å²) in [5.41, 5.74) is -0.00730. The standard InChI is InChI=1S/C15H15F2N3O3S/c1-20(3-4-23-2)14(22)12-8-24-15(18-12)19-13(21)9-5-10(16)7-11(17)6-9/h5-8H,3-4H2,1-2H3,(H,18,19,21). The molecule has 0 bridgehead atoms. The number of methoxy groups -OCH3 is 1. The molecule has 0 spiro atoms. The van der Waals surface area contributed by atoms with Crippen molar-refractivity contribution in [2.45, 2.75) is 0 Å². The van der Waals surface area contributed by atoms with E-state index in [9.17, 15) is 18.4 Å². The number of hydrogen-bond donors (Lipinski definition) is 1. The molecule has 0 unspecified atom stereocenters. The number of nitrogens with one attached hydrogen (secondary N) is 1. The van der Waals surface area contributed by atoms with E-state index < -0.39 is 17.5 Å². The van der Waals surface area contributed by atoms with Crippen LogP contribution in [0.2, 0.25) is 0 Å². The Morgan fingerprint density at radius 1 is 1.29 bits per heavy atom. The van der Waals surface area contributed by atoms with Crippen LogP contribution < -0.4 is 5.32 Å². The van der Waals surface area contributed by atoms with Crippen molar-refractivity contribution in [1.82, 2.24) is 9.88 Å². The highest BCUT2D eigenvalue weighted by Crippen LogP contribution is 2.18. The Bertz CT molecular complexity index is 731. The Kier molecular flexibility index (Phi) is 5.93. The molecule has 0 aliphatic heterocycles. The first-order chi connectivity index (χ1) is 11.4. The van der Waals surface area contributed by atoms with Crippen LogP contribution >= 0.6 is 11.3 Å². The summed E-state index contributed by atoms with van der Waals surface area (Å²) >= 11 is 1.04. The van der Waals surface area contributed by atoms with Crippen molar-refractivity contribution < 1.29 is 23.1 Å². The second-order valence-electron chi connectivity index (χ2n) is 4.87. The summed E-state index contributed by atoms with van der Waals surface area (Å²) in [6, 6.07) is 2.50. The van der Waals surface area contributed by atoms with Crippen LogP contribution in [0.4, 0.5) is 13.9 Å². The van der Waals surface area contributed by atoms with E-state index in [-0.39, 0.29) is 22.3 Å². The van der Waals surface area contributed by atoms with E-state index >= 15 is 0 Å². The van der Waals surface area contributed by atoms with Gasteiger partial charge in [-0.15, -0.1) is 11.3 Å². The van der Waals surface area contributed by atoms with Gasteiger partial charge < -0.3 is 9.64 Å². The van der Waals surface area contributed by atoms with E-state index in [1.807, 2.05) is 0 Å². The van der Waals surface area contributed by atoms with Crippen molar-refractivity contribution in [1.29, 1.82) is 0 Å². The number of hydrogen-bond acceptors (Lipinski definition) is 5. The zero-order valence-electron chi connectivity index (χ0n) is 13.0. The molecule has 1 aromatic heterocycles. The Labute approximate surface area is 141 Å². The number of thiazole rings is 1. The average Bonchev–Trinajstić information content (AvgIpc) is 2.99. The van der Waals surface area contributed by atoms with E-state index in [0.29, 0.717) is 19.2 Å². The smallest absolute Gasteiger partial charge is 0.273 e. The van der Waals surface area contributed by atoms with Crippen molar-refractivity contribution in [3.8, 4) is 0 Å². The molecular weight excluding hydrogens is 340 g/mol. The zero-order chi connectivity index (χ0) is 17.7. The maximum Gasteiger partial charge on any atom is 0.273 e. The fraction of sp³-hybridized carbons (Fsp3) is 0.267. The van der Waals surface area contributed by atoms with Crippen LogP contribution in [-0.4, -0.2) is 49.0 Å². The summed E-state index contributed by atoms with van der Waals surface area (Å²) < 4.78 is 31.2. The van der Waals surface area contributed by atoms with Gasteiger partial charge in [-0.05, 0) is 12.1 Å². The fourth-order valence-electron chi connectivity index (χ4n) is 1.81. The molecule has 0 aliphatic rings. The lowest BCUT2D eigenvalue weighted by Gasteiger charge is -2.14. The van der Waals surface area contributed by atoms with Crippen molar-refractivity contribution in [3.05, 3.63) is 46.5 Å². The third kappa shape index (κ3) is 4.56. The van der Waals surface area contributed by atoms with Gasteiger partial charge in [0.2, 0.25) is 0 Å². The van der Waals surface area contributed by atoms with Gasteiger partial charge in [0.1, 0.15) is 17.3 Å². The van der Waals surface area contributed by atoms with E-state index in [4.69, 9.17) is 4.74 Å². The minimum atomic E-state index is -0.852. The van der Waals surface area contributed by atoms with E-state index in [0.717, 1.165) is 23.5 Å². The van der Waals surface area contributed by atoms with Crippen LogP contribution in [0.1, 0.15) is 20.8 Å². The molecule has 2 amide bonds. The quantitative estimate of drug-likeness (QED) is 0.864. The molecule has 0 atom stereocenters. The molecule has 2 aromatic rings. The van der Waals surface area contributed by atoms with Gasteiger partial charge in [-0.3, -0.25) is 14.9 Å². The van der Waals surface area contributed by atoms with Crippen LogP contribution in [0.25, 0.3) is 0 Å². The molecule has 0 aliphatic carbocycles. The van der Waals surface area contributed by atoms with Crippen molar-refractivity contribution in [2.24, 2.45) is 0 Å². The molecular formula is C15H15F2N3O3S. The Morgan fingerprint density at radius 2 is 1.96 bits per heavy atom. The third-order valence-electron chi connectivity index (χ3n) is 3.05. The zero-order valence-corrected chi connectivity index (χ0v) is 13.8. The molecule has 2 rings (SSSR count). The molecule has 9 heteroatoms. The first-order valence-electron chi connectivity index (χ1n) is 6.88. The molecule has 24 heavy (non-hydrogen) atoms. The summed E-state index contributed by atoms with van der Waals surface area (Å²) in [5, 5.41) is 4.06. The predicted octanol–water partition coefficient (Wildman–Crippen LogP) is 2.39. The molecule has 1 N–H and O–H groups in total. The molecule has 6 nitrogen and oxygen atoms in total. The summed E-state index contributed by atoms with van der Waals surface area (Å²) in [4.78, 5) is 29.5. The van der Waals surface area contributed by atoms with Crippen LogP contribution in [0, 0.1) is 11.6 Å². The summed E-state index contributed by atoms with van der Waals surface area (Å²) in [6.45, 7) is 0.790. The molecule has 1 aromatic carbocycles. The number of halogens is 2. The Morgan fingerprint density at radius 3 is 2.58 bits per heavy atom. The molecule has 0 saturated carbocycles. The van der Waals surface area contributed by atoms with E-state index in [1.54, 1.807) is 7.05 Å². The maximum atomic E-state index is 13.1. The van der Waals surface area contributed by atoms with Crippen molar-refractivity contribution in [2.75, 3.05) is 32.6 Å². The largest absolute Gasteiger partial charge is 0.383 e. The number of nitrogens with zero attached hydrogens (tertiary/aromatic N) is 2. The molecule has 0 fully saturated rings. The van der Waals surface area contributed by atoms with Gasteiger partial charge in [0, 0.05) is 37.7 Å². The van der Waals surface area contributed by atoms with Gasteiger partial charge in [0.25, 0.3) is 11.8 Å². The predicted molar refractivity (Wildman–Crippen MR) is 85.3 cm³/mol. The first kappa shape index (κ1) is 18.0. The van der Waals surface area contributed by atoms with E-state index in [2.05, 4.69) is 10.3 Å². The highest BCUT2D eigenvalue weighted by atomic mass is 32.1. The number of benzene rings is 1. The molecule has 0 saturated heterocycles. The van der Waals surface area contributed by atoms with Gasteiger partial charge >= 0.3 is 0 Å². The molecule has 0 radical (unpaired) electrons. The third-order valence-corrected chi connectivity index (χ3v) is 3.80. The summed E-state index contributed by atoms with van der Waals surface area (Å²) in [7, 11) is 3.14. The van der Waals surface area contributed by atoms with Gasteiger partial charge in [0.15, 0.2) is 5.13 Å². The van der Waals surface area contributed by atoms with Crippen molar-refractivity contribution in [3.63, 3.8) is 0 Å². The van der Waals surface area contributed by atoms with Crippen LogP contribution in [0.5, 0.6) is 0 Å². The lowest BCUT2D eigenvalue weighted by molar-refractivity contribution is 0.0739. The molecule has 128 valence electrons. The Balaban J connectivity index is 2.05. The van der Waals surface area contributed by atoms with Crippen LogP contribution in [-0.2, 0) is 4.74 Å². The van der Waals surface area contributed by atoms with Gasteiger partial charge in [-0.1, -0.05) is 0 Å².